The van der Waals surface area contributed by atoms with Crippen molar-refractivity contribution in [2.45, 2.75) is 19.9 Å². The first kappa shape index (κ1) is 17.9. The smallest absolute Gasteiger partial charge is 0.244 e. The molecular formula is C18H20ClNO4. The van der Waals surface area contributed by atoms with Crippen molar-refractivity contribution in [3.63, 3.8) is 0 Å². The number of amides is 1. The summed E-state index contributed by atoms with van der Waals surface area (Å²) in [6, 6.07) is 6.93. The molecule has 0 saturated carbocycles. The minimum absolute atomic E-state index is 0.218. The van der Waals surface area contributed by atoms with Crippen LogP contribution in [0.2, 0.25) is 5.02 Å². The quantitative estimate of drug-likeness (QED) is 0.796. The van der Waals surface area contributed by atoms with Gasteiger partial charge in [-0.25, -0.2) is 0 Å². The fraction of sp³-hybridized carbons (Fsp3) is 0.278. The van der Waals surface area contributed by atoms with Crippen LogP contribution in [0.5, 0.6) is 11.5 Å². The first-order valence-electron chi connectivity index (χ1n) is 7.41. The zero-order valence-corrected chi connectivity index (χ0v) is 14.8. The summed E-state index contributed by atoms with van der Waals surface area (Å²) in [5.74, 6) is 2.25. The Kier molecular flexibility index (Phi) is 5.93. The van der Waals surface area contributed by atoms with Gasteiger partial charge in [-0.15, -0.1) is 0 Å². The molecule has 1 heterocycles. The monoisotopic (exact) mass is 349 g/mol. The summed E-state index contributed by atoms with van der Waals surface area (Å²) < 4.78 is 15.9. The van der Waals surface area contributed by atoms with E-state index in [0.717, 1.165) is 11.3 Å². The van der Waals surface area contributed by atoms with E-state index in [1.54, 1.807) is 18.2 Å². The Balaban J connectivity index is 2.07. The second-order valence-corrected chi connectivity index (χ2v) is 5.66. The van der Waals surface area contributed by atoms with Gasteiger partial charge in [0, 0.05) is 6.08 Å². The van der Waals surface area contributed by atoms with Gasteiger partial charge in [0.15, 0.2) is 11.5 Å². The normalized spacial score (nSPS) is 12.2. The van der Waals surface area contributed by atoms with Crippen LogP contribution in [0, 0.1) is 6.92 Å². The summed E-state index contributed by atoms with van der Waals surface area (Å²) in [6.45, 7) is 3.72. The van der Waals surface area contributed by atoms with Gasteiger partial charge in [0.25, 0.3) is 0 Å². The number of ether oxygens (including phenoxy) is 2. The molecule has 1 atom stereocenters. The van der Waals surface area contributed by atoms with Gasteiger partial charge in [0.05, 0.1) is 25.3 Å². The van der Waals surface area contributed by atoms with E-state index >= 15 is 0 Å². The number of hydrogen-bond donors (Lipinski definition) is 1. The number of halogens is 1. The van der Waals surface area contributed by atoms with Crippen molar-refractivity contribution in [1.29, 1.82) is 0 Å². The molecule has 24 heavy (non-hydrogen) atoms. The number of aryl methyl sites for hydroxylation is 1. The fourth-order valence-corrected chi connectivity index (χ4v) is 2.52. The Bertz CT molecular complexity index is 751. The maximum Gasteiger partial charge on any atom is 0.244 e. The second kappa shape index (κ2) is 7.93. The number of benzene rings is 1. The number of hydrogen-bond acceptors (Lipinski definition) is 4. The molecule has 5 nitrogen and oxygen atoms in total. The van der Waals surface area contributed by atoms with Gasteiger partial charge in [0.2, 0.25) is 5.91 Å². The van der Waals surface area contributed by atoms with E-state index in [-0.39, 0.29) is 11.9 Å². The van der Waals surface area contributed by atoms with Crippen LogP contribution in [-0.2, 0) is 4.79 Å². The Morgan fingerprint density at radius 2 is 2.04 bits per heavy atom. The lowest BCUT2D eigenvalue weighted by atomic mass is 10.1. The summed E-state index contributed by atoms with van der Waals surface area (Å²) in [7, 11) is 3.05. The molecule has 0 spiro atoms. The highest BCUT2D eigenvalue weighted by atomic mass is 35.5. The van der Waals surface area contributed by atoms with E-state index in [2.05, 4.69) is 5.32 Å². The van der Waals surface area contributed by atoms with E-state index < -0.39 is 0 Å². The molecule has 6 heteroatoms. The third kappa shape index (κ3) is 4.32. The SMILES string of the molecule is COc1cc(/C=C/C(=O)NC(C)c2ccc(C)o2)cc(Cl)c1OC. The van der Waals surface area contributed by atoms with Crippen molar-refractivity contribution in [1.82, 2.24) is 5.32 Å². The van der Waals surface area contributed by atoms with Gasteiger partial charge in [-0.3, -0.25) is 4.79 Å². The van der Waals surface area contributed by atoms with Crippen molar-refractivity contribution >= 4 is 23.6 Å². The predicted octanol–water partition coefficient (Wildman–Crippen LogP) is 4.15. The molecule has 0 aliphatic carbocycles. The van der Waals surface area contributed by atoms with Crippen LogP contribution in [0.15, 0.2) is 34.8 Å². The number of nitrogens with one attached hydrogen (secondary N) is 1. The molecule has 1 unspecified atom stereocenters. The third-order valence-electron chi connectivity index (χ3n) is 3.43. The van der Waals surface area contributed by atoms with E-state index in [9.17, 15) is 4.79 Å². The second-order valence-electron chi connectivity index (χ2n) is 5.25. The number of carbonyl (C=O) groups is 1. The largest absolute Gasteiger partial charge is 0.493 e. The zero-order chi connectivity index (χ0) is 17.7. The minimum atomic E-state index is -0.234. The van der Waals surface area contributed by atoms with Crippen LogP contribution in [-0.4, -0.2) is 20.1 Å². The average Bonchev–Trinajstić information content (AvgIpc) is 2.99. The Morgan fingerprint density at radius 3 is 2.62 bits per heavy atom. The maximum atomic E-state index is 12.0. The molecule has 2 aromatic rings. The third-order valence-corrected chi connectivity index (χ3v) is 3.71. The Hall–Kier alpha value is -2.40. The van der Waals surface area contributed by atoms with Crippen LogP contribution >= 0.6 is 11.6 Å². The van der Waals surface area contributed by atoms with Crippen LogP contribution in [0.1, 0.15) is 30.0 Å². The highest BCUT2D eigenvalue weighted by Gasteiger charge is 2.12. The van der Waals surface area contributed by atoms with Gasteiger partial charge in [-0.1, -0.05) is 11.6 Å². The van der Waals surface area contributed by atoms with Crippen molar-refractivity contribution in [3.8, 4) is 11.5 Å². The lowest BCUT2D eigenvalue weighted by Crippen LogP contribution is -2.24. The Labute approximate surface area is 146 Å². The number of methoxy groups -OCH3 is 2. The van der Waals surface area contributed by atoms with E-state index in [4.69, 9.17) is 25.5 Å². The topological polar surface area (TPSA) is 60.7 Å². The molecule has 1 aromatic carbocycles. The predicted molar refractivity (Wildman–Crippen MR) is 93.6 cm³/mol. The molecule has 0 saturated heterocycles. The van der Waals surface area contributed by atoms with Gasteiger partial charge in [-0.05, 0) is 49.8 Å². The van der Waals surface area contributed by atoms with Gasteiger partial charge in [-0.2, -0.15) is 0 Å². The van der Waals surface area contributed by atoms with Crippen molar-refractivity contribution in [3.05, 3.63) is 52.4 Å². The molecule has 0 bridgehead atoms. The number of carbonyl (C=O) groups excluding carboxylic acids is 1. The van der Waals surface area contributed by atoms with Gasteiger partial charge >= 0.3 is 0 Å². The summed E-state index contributed by atoms with van der Waals surface area (Å²) in [5, 5.41) is 3.25. The van der Waals surface area contributed by atoms with Crippen LogP contribution in [0.4, 0.5) is 0 Å². The number of rotatable bonds is 6. The first-order chi connectivity index (χ1) is 11.4. The van der Waals surface area contributed by atoms with Crippen LogP contribution < -0.4 is 14.8 Å². The average molecular weight is 350 g/mol. The fourth-order valence-electron chi connectivity index (χ4n) is 2.22. The number of furan rings is 1. The Morgan fingerprint density at radius 1 is 1.29 bits per heavy atom. The summed E-state index contributed by atoms with van der Waals surface area (Å²) in [5.41, 5.74) is 0.731. The highest BCUT2D eigenvalue weighted by molar-refractivity contribution is 6.32. The minimum Gasteiger partial charge on any atom is -0.493 e. The molecule has 1 aromatic heterocycles. The first-order valence-corrected chi connectivity index (χ1v) is 7.78. The standard InChI is InChI=1S/C18H20ClNO4/c1-11-5-7-15(24-11)12(2)20-17(21)8-6-13-9-14(19)18(23-4)16(10-13)22-3/h5-10,12H,1-4H3,(H,20,21)/b8-6+. The lowest BCUT2D eigenvalue weighted by Gasteiger charge is -2.11. The molecule has 0 radical (unpaired) electrons. The zero-order valence-electron chi connectivity index (χ0n) is 14.1. The van der Waals surface area contributed by atoms with Crippen LogP contribution in [0.25, 0.3) is 6.08 Å². The summed E-state index contributed by atoms with van der Waals surface area (Å²) in [4.78, 5) is 12.0. The van der Waals surface area contributed by atoms with Crippen molar-refractivity contribution in [2.75, 3.05) is 14.2 Å². The summed E-state index contributed by atoms with van der Waals surface area (Å²) in [6.07, 6.45) is 3.09. The van der Waals surface area contributed by atoms with E-state index in [1.807, 2.05) is 26.0 Å². The molecule has 128 valence electrons. The molecule has 1 amide bonds. The van der Waals surface area contributed by atoms with E-state index in [0.29, 0.717) is 22.3 Å². The van der Waals surface area contributed by atoms with Crippen molar-refractivity contribution in [2.24, 2.45) is 0 Å². The summed E-state index contributed by atoms with van der Waals surface area (Å²) >= 11 is 6.14. The van der Waals surface area contributed by atoms with Gasteiger partial charge < -0.3 is 19.2 Å². The highest BCUT2D eigenvalue weighted by Crippen LogP contribution is 2.36. The van der Waals surface area contributed by atoms with Crippen molar-refractivity contribution < 1.29 is 18.7 Å². The van der Waals surface area contributed by atoms with Gasteiger partial charge in [0.1, 0.15) is 11.5 Å². The lowest BCUT2D eigenvalue weighted by molar-refractivity contribution is -0.117. The molecule has 0 aliphatic rings. The molecule has 0 aliphatic heterocycles. The molecule has 1 N–H and O–H groups in total. The molecule has 2 rings (SSSR count). The van der Waals surface area contributed by atoms with E-state index in [1.165, 1.54) is 20.3 Å². The van der Waals surface area contributed by atoms with Crippen LogP contribution in [0.3, 0.4) is 0 Å². The maximum absolute atomic E-state index is 12.0. The molecular weight excluding hydrogens is 330 g/mol. The molecule has 0 fully saturated rings.